The molecule has 2 aromatic heterocycles. The fourth-order valence-electron chi connectivity index (χ4n) is 3.66. The molecule has 9 heteroatoms. The molecule has 0 unspecified atom stereocenters. The number of piperazine rings is 1. The van der Waals surface area contributed by atoms with Crippen LogP contribution >= 0.6 is 0 Å². The van der Waals surface area contributed by atoms with Crippen molar-refractivity contribution in [2.24, 2.45) is 0 Å². The van der Waals surface area contributed by atoms with Gasteiger partial charge in [-0.3, -0.25) is 9.59 Å². The standard InChI is InChI=1S/C23H28N6O3/c1-17(2)28-22(30)9-8-18(25-28)19-10-11-24-29(19)20-6-4-5-7-21(20)32-16-23(31)27-14-12-26(3)13-15-27/h4-11,17H,12-16H2,1-3H3. The lowest BCUT2D eigenvalue weighted by molar-refractivity contribution is -0.134. The van der Waals surface area contributed by atoms with Crippen molar-refractivity contribution in [3.05, 3.63) is 59.0 Å². The summed E-state index contributed by atoms with van der Waals surface area (Å²) in [4.78, 5) is 28.8. The third-order valence-corrected chi connectivity index (χ3v) is 5.52. The highest BCUT2D eigenvalue weighted by atomic mass is 16.5. The zero-order valence-corrected chi connectivity index (χ0v) is 18.6. The lowest BCUT2D eigenvalue weighted by Crippen LogP contribution is -2.48. The minimum atomic E-state index is -0.152. The number of hydrogen-bond donors (Lipinski definition) is 0. The molecule has 0 N–H and O–H groups in total. The number of likely N-dealkylation sites (N-methyl/N-ethyl adjacent to an activating group) is 1. The minimum absolute atomic E-state index is 0.0285. The van der Waals surface area contributed by atoms with E-state index in [0.717, 1.165) is 18.8 Å². The molecule has 0 saturated carbocycles. The Balaban J connectivity index is 1.58. The summed E-state index contributed by atoms with van der Waals surface area (Å²) in [5.41, 5.74) is 1.89. The third kappa shape index (κ3) is 4.57. The van der Waals surface area contributed by atoms with E-state index < -0.39 is 0 Å². The van der Waals surface area contributed by atoms with Crippen molar-refractivity contribution in [1.29, 1.82) is 0 Å². The first-order valence-electron chi connectivity index (χ1n) is 10.8. The minimum Gasteiger partial charge on any atom is -0.482 e. The van der Waals surface area contributed by atoms with Crippen LogP contribution in [0.3, 0.4) is 0 Å². The molecule has 1 aliphatic heterocycles. The molecular weight excluding hydrogens is 408 g/mol. The van der Waals surface area contributed by atoms with E-state index in [4.69, 9.17) is 4.74 Å². The summed E-state index contributed by atoms with van der Waals surface area (Å²) < 4.78 is 9.10. The molecular formula is C23H28N6O3. The topological polar surface area (TPSA) is 85.5 Å². The molecule has 0 bridgehead atoms. The van der Waals surface area contributed by atoms with Crippen molar-refractivity contribution in [1.82, 2.24) is 29.4 Å². The number of amides is 1. The smallest absolute Gasteiger partial charge is 0.267 e. The second kappa shape index (κ2) is 9.35. The van der Waals surface area contributed by atoms with Gasteiger partial charge in [0.2, 0.25) is 0 Å². The highest BCUT2D eigenvalue weighted by Crippen LogP contribution is 2.27. The molecule has 0 spiro atoms. The van der Waals surface area contributed by atoms with Crippen molar-refractivity contribution in [2.45, 2.75) is 19.9 Å². The Hall–Kier alpha value is -3.46. The van der Waals surface area contributed by atoms with E-state index in [1.54, 1.807) is 16.9 Å². The molecule has 1 amide bonds. The summed E-state index contributed by atoms with van der Waals surface area (Å²) >= 11 is 0. The molecule has 0 atom stereocenters. The molecule has 1 aliphatic rings. The van der Waals surface area contributed by atoms with Crippen molar-refractivity contribution in [2.75, 3.05) is 39.8 Å². The molecule has 1 aromatic carbocycles. The lowest BCUT2D eigenvalue weighted by atomic mass is 10.2. The first kappa shape index (κ1) is 21.8. The highest BCUT2D eigenvalue weighted by Gasteiger charge is 2.20. The number of carbonyl (C=O) groups is 1. The van der Waals surface area contributed by atoms with Crippen LogP contribution in [0.1, 0.15) is 19.9 Å². The van der Waals surface area contributed by atoms with Gasteiger partial charge in [-0.2, -0.15) is 10.2 Å². The summed E-state index contributed by atoms with van der Waals surface area (Å²) in [6, 6.07) is 12.4. The molecule has 3 aromatic rings. The van der Waals surface area contributed by atoms with Gasteiger partial charge in [-0.05, 0) is 45.2 Å². The monoisotopic (exact) mass is 436 g/mol. The van der Waals surface area contributed by atoms with Crippen LogP contribution in [0.4, 0.5) is 0 Å². The second-order valence-corrected chi connectivity index (χ2v) is 8.16. The largest absolute Gasteiger partial charge is 0.482 e. The number of nitrogens with zero attached hydrogens (tertiary/aromatic N) is 6. The molecule has 32 heavy (non-hydrogen) atoms. The summed E-state index contributed by atoms with van der Waals surface area (Å²) in [6.07, 6.45) is 1.67. The summed E-state index contributed by atoms with van der Waals surface area (Å²) in [6.45, 7) is 6.94. The van der Waals surface area contributed by atoms with Crippen LogP contribution in [0.5, 0.6) is 5.75 Å². The van der Waals surface area contributed by atoms with Gasteiger partial charge in [0.25, 0.3) is 11.5 Å². The molecule has 1 saturated heterocycles. The summed E-state index contributed by atoms with van der Waals surface area (Å²) in [7, 11) is 2.05. The molecule has 9 nitrogen and oxygen atoms in total. The van der Waals surface area contributed by atoms with Crippen LogP contribution < -0.4 is 10.3 Å². The zero-order valence-electron chi connectivity index (χ0n) is 18.6. The average molecular weight is 437 g/mol. The molecule has 3 heterocycles. The van der Waals surface area contributed by atoms with Crippen LogP contribution in [0, 0.1) is 0 Å². The fraction of sp³-hybridized carbons (Fsp3) is 0.391. The van der Waals surface area contributed by atoms with E-state index >= 15 is 0 Å². The first-order chi connectivity index (χ1) is 15.4. The molecule has 0 aliphatic carbocycles. The highest BCUT2D eigenvalue weighted by molar-refractivity contribution is 5.78. The Morgan fingerprint density at radius 3 is 2.56 bits per heavy atom. The van der Waals surface area contributed by atoms with Crippen LogP contribution in [0.15, 0.2) is 53.5 Å². The Morgan fingerprint density at radius 2 is 1.81 bits per heavy atom. The third-order valence-electron chi connectivity index (χ3n) is 5.52. The van der Waals surface area contributed by atoms with E-state index in [1.807, 2.05) is 49.1 Å². The number of ether oxygens (including phenoxy) is 1. The molecule has 1 fully saturated rings. The predicted octanol–water partition coefficient (Wildman–Crippen LogP) is 1.83. The fourth-order valence-corrected chi connectivity index (χ4v) is 3.66. The molecule has 4 rings (SSSR count). The first-order valence-corrected chi connectivity index (χ1v) is 10.8. The number of benzene rings is 1. The average Bonchev–Trinajstić information content (AvgIpc) is 3.28. The number of aromatic nitrogens is 4. The van der Waals surface area contributed by atoms with Gasteiger partial charge in [-0.25, -0.2) is 9.36 Å². The van der Waals surface area contributed by atoms with Crippen LogP contribution in [-0.4, -0.2) is 75.1 Å². The number of rotatable bonds is 6. The van der Waals surface area contributed by atoms with Gasteiger partial charge in [0, 0.05) is 32.2 Å². The van der Waals surface area contributed by atoms with E-state index in [0.29, 0.717) is 30.2 Å². The maximum Gasteiger partial charge on any atom is 0.267 e. The number of carbonyl (C=O) groups excluding carboxylic acids is 1. The van der Waals surface area contributed by atoms with Crippen molar-refractivity contribution in [3.8, 4) is 22.8 Å². The Bertz CT molecular complexity index is 1140. The van der Waals surface area contributed by atoms with Crippen LogP contribution in [0.2, 0.25) is 0 Å². The van der Waals surface area contributed by atoms with Crippen molar-refractivity contribution in [3.63, 3.8) is 0 Å². The second-order valence-electron chi connectivity index (χ2n) is 8.16. The van der Waals surface area contributed by atoms with Crippen LogP contribution in [0.25, 0.3) is 17.1 Å². The maximum absolute atomic E-state index is 12.6. The van der Waals surface area contributed by atoms with Gasteiger partial charge < -0.3 is 14.5 Å². The Labute approximate surface area is 186 Å². The zero-order chi connectivity index (χ0) is 22.7. The Morgan fingerprint density at radius 1 is 1.06 bits per heavy atom. The van der Waals surface area contributed by atoms with Gasteiger partial charge in [0.05, 0.1) is 17.9 Å². The normalized spacial score (nSPS) is 14.7. The van der Waals surface area contributed by atoms with Crippen LogP contribution in [-0.2, 0) is 4.79 Å². The van der Waals surface area contributed by atoms with Crippen molar-refractivity contribution >= 4 is 5.91 Å². The van der Waals surface area contributed by atoms with Gasteiger partial charge in [-0.1, -0.05) is 12.1 Å². The van der Waals surface area contributed by atoms with Gasteiger partial charge in [0.15, 0.2) is 6.61 Å². The lowest BCUT2D eigenvalue weighted by Gasteiger charge is -2.32. The van der Waals surface area contributed by atoms with E-state index in [2.05, 4.69) is 22.1 Å². The maximum atomic E-state index is 12.6. The summed E-state index contributed by atoms with van der Waals surface area (Å²) in [5.74, 6) is 0.524. The van der Waals surface area contributed by atoms with Crippen molar-refractivity contribution < 1.29 is 9.53 Å². The predicted molar refractivity (Wildman–Crippen MR) is 121 cm³/mol. The van der Waals surface area contributed by atoms with Gasteiger partial charge in [0.1, 0.15) is 17.1 Å². The SMILES string of the molecule is CC(C)n1nc(-c2ccnn2-c2ccccc2OCC(=O)N2CCN(C)CC2)ccc1=O. The molecule has 168 valence electrons. The Kier molecular flexibility index (Phi) is 6.36. The number of para-hydroxylation sites is 2. The summed E-state index contributed by atoms with van der Waals surface area (Å²) in [5, 5.41) is 8.96. The van der Waals surface area contributed by atoms with E-state index in [-0.39, 0.29) is 24.1 Å². The molecule has 0 radical (unpaired) electrons. The van der Waals surface area contributed by atoms with E-state index in [9.17, 15) is 9.59 Å². The number of hydrogen-bond acceptors (Lipinski definition) is 6. The van der Waals surface area contributed by atoms with E-state index in [1.165, 1.54) is 10.7 Å². The quantitative estimate of drug-likeness (QED) is 0.586. The van der Waals surface area contributed by atoms with Gasteiger partial charge in [-0.15, -0.1) is 0 Å². The van der Waals surface area contributed by atoms with Gasteiger partial charge >= 0.3 is 0 Å².